The number of nitrogens with one attached hydrogen (secondary N) is 1. The number of carbonyl (C=O) groups excluding carboxylic acids is 1. The molecule has 0 aliphatic carbocycles. The van der Waals surface area contributed by atoms with Crippen LogP contribution in [0, 0.1) is 6.92 Å². The zero-order chi connectivity index (χ0) is 16.9. The van der Waals surface area contributed by atoms with Gasteiger partial charge in [-0.05, 0) is 56.5 Å². The minimum absolute atomic E-state index is 0.0132. The van der Waals surface area contributed by atoms with E-state index in [2.05, 4.69) is 33.4 Å². The molecule has 2 rings (SSSR count). The molecule has 23 heavy (non-hydrogen) atoms. The van der Waals surface area contributed by atoms with E-state index < -0.39 is 0 Å². The molecular weight excluding hydrogens is 354 g/mol. The zero-order valence-electron chi connectivity index (χ0n) is 13.7. The SMILES string of the molecule is Cc1cc(OCC(=O)NC(C)(C)Cc2ccccc2)ccc1Br. The standard InChI is InChI=1S/C19H22BrNO2/c1-14-11-16(9-10-17(14)20)23-13-18(22)21-19(2,3)12-15-7-5-4-6-8-15/h4-11H,12-13H2,1-3H3,(H,21,22). The number of ether oxygens (including phenoxy) is 1. The largest absolute Gasteiger partial charge is 0.484 e. The summed E-state index contributed by atoms with van der Waals surface area (Å²) in [4.78, 5) is 12.1. The van der Waals surface area contributed by atoms with Gasteiger partial charge in [0.1, 0.15) is 5.75 Å². The number of carbonyl (C=O) groups is 1. The summed E-state index contributed by atoms with van der Waals surface area (Å²) in [5, 5.41) is 3.03. The lowest BCUT2D eigenvalue weighted by Crippen LogP contribution is -2.47. The number of benzene rings is 2. The van der Waals surface area contributed by atoms with E-state index in [-0.39, 0.29) is 18.1 Å². The molecule has 0 fully saturated rings. The molecule has 0 unspecified atom stereocenters. The Kier molecular flexibility index (Phi) is 5.83. The lowest BCUT2D eigenvalue weighted by molar-refractivity contribution is -0.124. The Morgan fingerprint density at radius 2 is 1.87 bits per heavy atom. The number of aryl methyl sites for hydroxylation is 1. The van der Waals surface area contributed by atoms with E-state index in [0.717, 1.165) is 16.5 Å². The molecule has 0 atom stereocenters. The maximum absolute atomic E-state index is 12.1. The Balaban J connectivity index is 1.87. The molecule has 122 valence electrons. The van der Waals surface area contributed by atoms with Crippen molar-refractivity contribution in [1.82, 2.24) is 5.32 Å². The number of amides is 1. The second-order valence-electron chi connectivity index (χ2n) is 6.29. The van der Waals surface area contributed by atoms with Crippen LogP contribution in [0.3, 0.4) is 0 Å². The normalized spacial score (nSPS) is 11.1. The van der Waals surface area contributed by atoms with Gasteiger partial charge in [-0.1, -0.05) is 46.3 Å². The van der Waals surface area contributed by atoms with Crippen LogP contribution in [-0.4, -0.2) is 18.1 Å². The summed E-state index contributed by atoms with van der Waals surface area (Å²) in [6.07, 6.45) is 0.775. The first-order valence-corrected chi connectivity index (χ1v) is 8.39. The highest BCUT2D eigenvalue weighted by Crippen LogP contribution is 2.21. The van der Waals surface area contributed by atoms with Crippen molar-refractivity contribution in [3.05, 3.63) is 64.1 Å². The van der Waals surface area contributed by atoms with Crippen molar-refractivity contribution < 1.29 is 9.53 Å². The van der Waals surface area contributed by atoms with Gasteiger partial charge in [-0.3, -0.25) is 4.79 Å². The Labute approximate surface area is 146 Å². The summed E-state index contributed by atoms with van der Waals surface area (Å²) in [7, 11) is 0. The van der Waals surface area contributed by atoms with Crippen molar-refractivity contribution in [2.45, 2.75) is 32.7 Å². The van der Waals surface area contributed by atoms with E-state index in [1.165, 1.54) is 5.56 Å². The Hall–Kier alpha value is -1.81. The molecule has 2 aromatic rings. The van der Waals surface area contributed by atoms with Crippen LogP contribution in [0.25, 0.3) is 0 Å². The van der Waals surface area contributed by atoms with E-state index in [9.17, 15) is 4.79 Å². The summed E-state index contributed by atoms with van der Waals surface area (Å²) in [5.41, 5.74) is 1.95. The van der Waals surface area contributed by atoms with E-state index in [1.807, 2.05) is 57.2 Å². The molecule has 3 nitrogen and oxygen atoms in total. The summed E-state index contributed by atoms with van der Waals surface area (Å²) in [6, 6.07) is 15.8. The van der Waals surface area contributed by atoms with Gasteiger partial charge in [0.15, 0.2) is 6.61 Å². The molecule has 0 radical (unpaired) electrons. The molecule has 0 saturated heterocycles. The van der Waals surface area contributed by atoms with Gasteiger partial charge < -0.3 is 10.1 Å². The highest BCUT2D eigenvalue weighted by Gasteiger charge is 2.21. The van der Waals surface area contributed by atoms with Crippen LogP contribution in [0.15, 0.2) is 53.0 Å². The third-order valence-corrected chi connectivity index (χ3v) is 4.36. The second kappa shape index (κ2) is 7.64. The van der Waals surface area contributed by atoms with Crippen molar-refractivity contribution in [2.75, 3.05) is 6.61 Å². The Morgan fingerprint density at radius 1 is 1.17 bits per heavy atom. The highest BCUT2D eigenvalue weighted by atomic mass is 79.9. The average molecular weight is 376 g/mol. The summed E-state index contributed by atoms with van der Waals surface area (Å²) in [5.74, 6) is 0.577. The van der Waals surface area contributed by atoms with E-state index >= 15 is 0 Å². The predicted molar refractivity (Wildman–Crippen MR) is 96.7 cm³/mol. The van der Waals surface area contributed by atoms with E-state index in [4.69, 9.17) is 4.74 Å². The van der Waals surface area contributed by atoms with Crippen molar-refractivity contribution in [1.29, 1.82) is 0 Å². The van der Waals surface area contributed by atoms with Gasteiger partial charge in [0, 0.05) is 10.0 Å². The van der Waals surface area contributed by atoms with Gasteiger partial charge >= 0.3 is 0 Å². The van der Waals surface area contributed by atoms with Gasteiger partial charge in [-0.15, -0.1) is 0 Å². The van der Waals surface area contributed by atoms with Crippen LogP contribution in [-0.2, 0) is 11.2 Å². The maximum Gasteiger partial charge on any atom is 0.258 e. The average Bonchev–Trinajstić information content (AvgIpc) is 2.48. The number of hydrogen-bond acceptors (Lipinski definition) is 2. The number of rotatable bonds is 6. The molecule has 0 bridgehead atoms. The van der Waals surface area contributed by atoms with Gasteiger partial charge in [0.25, 0.3) is 5.91 Å². The van der Waals surface area contributed by atoms with Crippen LogP contribution < -0.4 is 10.1 Å². The van der Waals surface area contributed by atoms with Crippen LogP contribution >= 0.6 is 15.9 Å². The monoisotopic (exact) mass is 375 g/mol. The Bertz CT molecular complexity index is 668. The molecule has 0 aromatic heterocycles. The minimum atomic E-state index is -0.322. The van der Waals surface area contributed by atoms with Crippen molar-refractivity contribution >= 4 is 21.8 Å². The molecule has 4 heteroatoms. The molecule has 1 amide bonds. The number of hydrogen-bond donors (Lipinski definition) is 1. The smallest absolute Gasteiger partial charge is 0.258 e. The fourth-order valence-corrected chi connectivity index (χ4v) is 2.67. The first kappa shape index (κ1) is 17.5. The van der Waals surface area contributed by atoms with Gasteiger partial charge in [0.05, 0.1) is 0 Å². The van der Waals surface area contributed by atoms with E-state index in [1.54, 1.807) is 0 Å². The molecule has 0 aliphatic heterocycles. The lowest BCUT2D eigenvalue weighted by atomic mass is 9.95. The van der Waals surface area contributed by atoms with Crippen LogP contribution in [0.2, 0.25) is 0 Å². The third kappa shape index (κ3) is 5.71. The highest BCUT2D eigenvalue weighted by molar-refractivity contribution is 9.10. The van der Waals surface area contributed by atoms with Gasteiger partial charge in [0.2, 0.25) is 0 Å². The molecule has 1 N–H and O–H groups in total. The fraction of sp³-hybridized carbons (Fsp3) is 0.316. The third-order valence-electron chi connectivity index (χ3n) is 3.47. The zero-order valence-corrected chi connectivity index (χ0v) is 15.3. The first-order valence-electron chi connectivity index (χ1n) is 7.60. The molecule has 0 heterocycles. The van der Waals surface area contributed by atoms with Crippen molar-refractivity contribution in [2.24, 2.45) is 0 Å². The summed E-state index contributed by atoms with van der Waals surface area (Å²) < 4.78 is 6.59. The second-order valence-corrected chi connectivity index (χ2v) is 7.15. The molecule has 0 saturated carbocycles. The fourth-order valence-electron chi connectivity index (χ4n) is 2.42. The van der Waals surface area contributed by atoms with Crippen LogP contribution in [0.1, 0.15) is 25.0 Å². The van der Waals surface area contributed by atoms with E-state index in [0.29, 0.717) is 5.75 Å². The first-order chi connectivity index (χ1) is 10.9. The quantitative estimate of drug-likeness (QED) is 0.818. The number of halogens is 1. The topological polar surface area (TPSA) is 38.3 Å². The van der Waals surface area contributed by atoms with Crippen molar-refractivity contribution in [3.8, 4) is 5.75 Å². The van der Waals surface area contributed by atoms with Crippen LogP contribution in [0.4, 0.5) is 0 Å². The molecule has 0 spiro atoms. The predicted octanol–water partition coefficient (Wildman–Crippen LogP) is 4.27. The maximum atomic E-state index is 12.1. The lowest BCUT2D eigenvalue weighted by Gasteiger charge is -2.26. The van der Waals surface area contributed by atoms with Gasteiger partial charge in [-0.25, -0.2) is 0 Å². The summed E-state index contributed by atoms with van der Waals surface area (Å²) >= 11 is 3.45. The molecule has 0 aliphatic rings. The molecular formula is C19H22BrNO2. The minimum Gasteiger partial charge on any atom is -0.484 e. The summed E-state index contributed by atoms with van der Waals surface area (Å²) in [6.45, 7) is 6.03. The van der Waals surface area contributed by atoms with Crippen molar-refractivity contribution in [3.63, 3.8) is 0 Å². The van der Waals surface area contributed by atoms with Crippen LogP contribution in [0.5, 0.6) is 5.75 Å². The Morgan fingerprint density at radius 3 is 2.52 bits per heavy atom. The van der Waals surface area contributed by atoms with Gasteiger partial charge in [-0.2, -0.15) is 0 Å². The molecule has 2 aromatic carbocycles.